The monoisotopic (exact) mass is 444 g/mol. The van der Waals surface area contributed by atoms with Crippen molar-refractivity contribution in [1.82, 2.24) is 19.8 Å². The summed E-state index contributed by atoms with van der Waals surface area (Å²) in [5, 5.41) is 10.00. The lowest BCUT2D eigenvalue weighted by Gasteiger charge is -2.58. The van der Waals surface area contributed by atoms with Crippen molar-refractivity contribution in [3.8, 4) is 11.8 Å². The number of carbonyl (C=O) groups excluding carboxylic acids is 2. The minimum absolute atomic E-state index is 0.00911. The van der Waals surface area contributed by atoms with Crippen LogP contribution in [-0.2, 0) is 4.79 Å². The first-order chi connectivity index (χ1) is 16.2. The zero-order valence-corrected chi connectivity index (χ0v) is 18.6. The van der Waals surface area contributed by atoms with Gasteiger partial charge in [-0.3, -0.25) is 14.6 Å². The molecule has 170 valence electrons. The van der Waals surface area contributed by atoms with Crippen LogP contribution >= 0.6 is 0 Å². The molecule has 3 fully saturated rings. The molecule has 2 amide bonds. The van der Waals surface area contributed by atoms with Gasteiger partial charge in [-0.2, -0.15) is 0 Å². The maximum atomic E-state index is 12.9. The molecule has 1 N–H and O–H groups in total. The van der Waals surface area contributed by atoms with Crippen molar-refractivity contribution in [3.05, 3.63) is 59.7 Å². The largest absolute Gasteiger partial charge is 0.394 e. The molecular formula is C26H28N4O3. The summed E-state index contributed by atoms with van der Waals surface area (Å²) in [6.45, 7) is 0.296. The van der Waals surface area contributed by atoms with Crippen molar-refractivity contribution in [1.29, 1.82) is 0 Å². The summed E-state index contributed by atoms with van der Waals surface area (Å²) in [5.74, 6) is 6.77. The maximum Gasteiger partial charge on any atom is 0.274 e. The van der Waals surface area contributed by atoms with Crippen LogP contribution in [0.2, 0.25) is 0 Å². The first-order valence-electron chi connectivity index (χ1n) is 11.7. The van der Waals surface area contributed by atoms with Gasteiger partial charge in [-0.05, 0) is 30.5 Å². The van der Waals surface area contributed by atoms with Gasteiger partial charge in [0, 0.05) is 36.3 Å². The number of benzene rings is 1. The van der Waals surface area contributed by atoms with E-state index in [2.05, 4.69) is 21.8 Å². The molecule has 2 aliphatic heterocycles. The highest BCUT2D eigenvalue weighted by molar-refractivity contribution is 5.96. The van der Waals surface area contributed by atoms with Crippen molar-refractivity contribution >= 4 is 11.8 Å². The lowest BCUT2D eigenvalue weighted by Crippen LogP contribution is -2.73. The number of aliphatic hydroxyl groups excluding tert-OH is 1. The molecule has 3 aliphatic rings. The molecule has 5 rings (SSSR count). The number of nitrogens with zero attached hydrogens (tertiary/aromatic N) is 4. The maximum absolute atomic E-state index is 12.9. The fourth-order valence-corrected chi connectivity index (χ4v) is 5.45. The summed E-state index contributed by atoms with van der Waals surface area (Å²) in [4.78, 5) is 37.0. The Morgan fingerprint density at radius 2 is 1.91 bits per heavy atom. The fraction of sp³-hybridized carbons (Fsp3) is 0.462. The second-order valence-electron chi connectivity index (χ2n) is 9.15. The van der Waals surface area contributed by atoms with E-state index in [1.165, 1.54) is 55.6 Å². The van der Waals surface area contributed by atoms with Crippen molar-refractivity contribution in [2.75, 3.05) is 19.7 Å². The third kappa shape index (κ3) is 4.23. The van der Waals surface area contributed by atoms with Gasteiger partial charge < -0.3 is 14.9 Å². The van der Waals surface area contributed by atoms with Crippen LogP contribution in [0.15, 0.2) is 42.9 Å². The lowest BCUT2D eigenvalue weighted by molar-refractivity contribution is -0.159. The topological polar surface area (TPSA) is 86.6 Å². The summed E-state index contributed by atoms with van der Waals surface area (Å²) in [5.41, 5.74) is 2.27. The number of carbonyl (C=O) groups is 2. The minimum atomic E-state index is -0.296. The molecular weight excluding hydrogens is 416 g/mol. The molecule has 0 spiro atoms. The van der Waals surface area contributed by atoms with Crippen LogP contribution in [0.3, 0.4) is 0 Å². The number of rotatable bonds is 3. The predicted molar refractivity (Wildman–Crippen MR) is 122 cm³/mol. The van der Waals surface area contributed by atoms with Crippen LogP contribution in [0.5, 0.6) is 0 Å². The average molecular weight is 445 g/mol. The first-order valence-corrected chi connectivity index (χ1v) is 11.7. The number of hydrogen-bond acceptors (Lipinski definition) is 5. The number of aliphatic hydroxyl groups is 1. The van der Waals surface area contributed by atoms with Gasteiger partial charge in [0.2, 0.25) is 5.91 Å². The van der Waals surface area contributed by atoms with E-state index in [0.29, 0.717) is 12.5 Å². The number of piperazine rings is 1. The SMILES string of the molecule is O=C(c1cnccn1)N1CC(=O)N2[C@H](CO)[C@H](c3ccc(C#CC4CCCCC4)cc3)[C@H]2C1. The van der Waals surface area contributed by atoms with Crippen LogP contribution < -0.4 is 0 Å². The molecule has 0 bridgehead atoms. The molecule has 1 aromatic heterocycles. The molecule has 0 radical (unpaired) electrons. The van der Waals surface area contributed by atoms with Crippen molar-refractivity contribution in [2.45, 2.75) is 50.1 Å². The van der Waals surface area contributed by atoms with Gasteiger partial charge in [0.15, 0.2) is 0 Å². The van der Waals surface area contributed by atoms with Crippen LogP contribution in [0.25, 0.3) is 0 Å². The Labute approximate surface area is 193 Å². The van der Waals surface area contributed by atoms with Gasteiger partial charge >= 0.3 is 0 Å². The third-order valence-electron chi connectivity index (χ3n) is 7.14. The molecule has 0 unspecified atom stereocenters. The predicted octanol–water partition coefficient (Wildman–Crippen LogP) is 2.22. The van der Waals surface area contributed by atoms with E-state index in [1.807, 2.05) is 24.3 Å². The molecule has 2 aromatic rings. The number of hydrogen-bond donors (Lipinski definition) is 1. The Balaban J connectivity index is 1.32. The molecule has 3 heterocycles. The summed E-state index contributed by atoms with van der Waals surface area (Å²) < 4.78 is 0. The first kappa shape index (κ1) is 21.6. The lowest BCUT2D eigenvalue weighted by atomic mass is 9.73. The normalized spacial score (nSPS) is 25.0. The van der Waals surface area contributed by atoms with Gasteiger partial charge in [0.1, 0.15) is 12.2 Å². The summed E-state index contributed by atoms with van der Waals surface area (Å²) in [6, 6.07) is 7.70. The standard InChI is InChI=1S/C26H28N4O3/c31-17-23-25(20-10-8-19(9-11-20)7-6-18-4-2-1-3-5-18)22-15-29(16-24(32)30(22)23)26(33)21-14-27-12-13-28-21/h8-14,18,22-23,25,31H,1-5,15-17H2/t22-,23-,25-/m1/s1. The number of aromatic nitrogens is 2. The quantitative estimate of drug-likeness (QED) is 0.734. The molecule has 1 aromatic carbocycles. The fourth-order valence-electron chi connectivity index (χ4n) is 5.45. The zero-order valence-electron chi connectivity index (χ0n) is 18.6. The second-order valence-corrected chi connectivity index (χ2v) is 9.15. The van der Waals surface area contributed by atoms with Gasteiger partial charge in [-0.1, -0.05) is 43.2 Å². The van der Waals surface area contributed by atoms with Gasteiger partial charge in [-0.15, -0.1) is 0 Å². The van der Waals surface area contributed by atoms with E-state index in [4.69, 9.17) is 0 Å². The minimum Gasteiger partial charge on any atom is -0.394 e. The van der Waals surface area contributed by atoms with E-state index < -0.39 is 0 Å². The molecule has 33 heavy (non-hydrogen) atoms. The Hall–Kier alpha value is -3.24. The van der Waals surface area contributed by atoms with Gasteiger partial charge in [0.05, 0.1) is 24.9 Å². The van der Waals surface area contributed by atoms with E-state index in [1.54, 1.807) is 4.90 Å². The zero-order chi connectivity index (χ0) is 22.8. The van der Waals surface area contributed by atoms with E-state index >= 15 is 0 Å². The highest BCUT2D eigenvalue weighted by Crippen LogP contribution is 2.43. The van der Waals surface area contributed by atoms with Gasteiger partial charge in [-0.25, -0.2) is 4.98 Å². The molecule has 2 saturated heterocycles. The highest BCUT2D eigenvalue weighted by atomic mass is 16.3. The van der Waals surface area contributed by atoms with Crippen molar-refractivity contribution < 1.29 is 14.7 Å². The highest BCUT2D eigenvalue weighted by Gasteiger charge is 2.54. The smallest absolute Gasteiger partial charge is 0.274 e. The van der Waals surface area contributed by atoms with E-state index in [0.717, 1.165) is 11.1 Å². The summed E-state index contributed by atoms with van der Waals surface area (Å²) >= 11 is 0. The molecule has 1 aliphatic carbocycles. The van der Waals surface area contributed by atoms with Crippen molar-refractivity contribution in [3.63, 3.8) is 0 Å². The Morgan fingerprint density at radius 3 is 2.61 bits per heavy atom. The molecule has 7 nitrogen and oxygen atoms in total. The third-order valence-corrected chi connectivity index (χ3v) is 7.14. The second kappa shape index (κ2) is 9.32. The number of amides is 2. The van der Waals surface area contributed by atoms with E-state index in [9.17, 15) is 14.7 Å². The van der Waals surface area contributed by atoms with Crippen LogP contribution in [0.1, 0.15) is 59.6 Å². The van der Waals surface area contributed by atoms with Crippen LogP contribution in [0.4, 0.5) is 0 Å². The molecule has 1 saturated carbocycles. The molecule has 7 heteroatoms. The summed E-state index contributed by atoms with van der Waals surface area (Å²) in [7, 11) is 0. The molecule has 3 atom stereocenters. The Kier molecular flexibility index (Phi) is 6.10. The Bertz CT molecular complexity index is 1070. The summed E-state index contributed by atoms with van der Waals surface area (Å²) in [6.07, 6.45) is 10.7. The van der Waals surface area contributed by atoms with Crippen LogP contribution in [0, 0.1) is 17.8 Å². The van der Waals surface area contributed by atoms with Crippen LogP contribution in [-0.4, -0.2) is 68.5 Å². The number of fused-ring (bicyclic) bond motifs is 1. The van der Waals surface area contributed by atoms with Gasteiger partial charge in [0.25, 0.3) is 5.91 Å². The Morgan fingerprint density at radius 1 is 1.12 bits per heavy atom. The van der Waals surface area contributed by atoms with E-state index in [-0.39, 0.29) is 48.7 Å². The van der Waals surface area contributed by atoms with Crippen molar-refractivity contribution in [2.24, 2.45) is 5.92 Å². The average Bonchev–Trinajstić information content (AvgIpc) is 2.85.